The number of fused-ring (bicyclic) bond motifs is 1. The molecule has 0 aliphatic rings. The molecule has 1 amide bonds. The Hall–Kier alpha value is -2.15. The Bertz CT molecular complexity index is 719. The largest absolute Gasteiger partial charge is 0.349 e. The van der Waals surface area contributed by atoms with E-state index in [9.17, 15) is 9.59 Å². The molecule has 7 nitrogen and oxygen atoms in total. The van der Waals surface area contributed by atoms with Crippen LogP contribution in [0.15, 0.2) is 17.1 Å². The van der Waals surface area contributed by atoms with Crippen molar-refractivity contribution in [1.29, 1.82) is 0 Å². The second-order valence-electron chi connectivity index (χ2n) is 5.55. The predicted octanol–water partition coefficient (Wildman–Crippen LogP) is 0.507. The summed E-state index contributed by atoms with van der Waals surface area (Å²) in [5, 5.41) is 5.77. The molecule has 0 unspecified atom stereocenters. The topological polar surface area (TPSA) is 105 Å². The van der Waals surface area contributed by atoms with Gasteiger partial charge in [0.05, 0.1) is 12.0 Å². The third-order valence-electron chi connectivity index (χ3n) is 4.33. The summed E-state index contributed by atoms with van der Waals surface area (Å²) in [5.74, 6) is -0.206. The molecule has 2 heterocycles. The molecule has 120 valence electrons. The Kier molecular flexibility index (Phi) is 4.65. The van der Waals surface area contributed by atoms with E-state index in [0.29, 0.717) is 23.4 Å². The molecule has 0 fully saturated rings. The molecule has 0 radical (unpaired) electrons. The molecule has 0 atom stereocenters. The molecular weight excluding hydrogens is 282 g/mol. The maximum Gasteiger partial charge on any atom is 0.276 e. The molecule has 7 heteroatoms. The number of aromatic nitrogens is 3. The first-order valence-corrected chi connectivity index (χ1v) is 7.53. The van der Waals surface area contributed by atoms with Crippen LogP contribution in [0.25, 0.3) is 5.65 Å². The van der Waals surface area contributed by atoms with Gasteiger partial charge in [0.1, 0.15) is 0 Å². The Labute approximate surface area is 128 Å². The normalized spacial score (nSPS) is 11.8. The van der Waals surface area contributed by atoms with Gasteiger partial charge in [-0.1, -0.05) is 13.8 Å². The highest BCUT2D eigenvalue weighted by Gasteiger charge is 2.27. The van der Waals surface area contributed by atoms with Gasteiger partial charge >= 0.3 is 0 Å². The number of rotatable bonds is 6. The molecule has 2 aromatic rings. The summed E-state index contributed by atoms with van der Waals surface area (Å²) in [7, 11) is 0. The van der Waals surface area contributed by atoms with E-state index in [2.05, 4.69) is 15.4 Å². The van der Waals surface area contributed by atoms with Gasteiger partial charge < -0.3 is 11.1 Å². The minimum atomic E-state index is -0.412. The van der Waals surface area contributed by atoms with Crippen molar-refractivity contribution in [2.24, 2.45) is 5.73 Å². The van der Waals surface area contributed by atoms with Gasteiger partial charge in [0, 0.05) is 30.1 Å². The van der Waals surface area contributed by atoms with Crippen LogP contribution in [0, 0.1) is 6.92 Å². The number of aryl methyl sites for hydroxylation is 1. The van der Waals surface area contributed by atoms with Gasteiger partial charge in [0.15, 0.2) is 5.65 Å². The van der Waals surface area contributed by atoms with Crippen molar-refractivity contribution >= 4 is 11.6 Å². The maximum absolute atomic E-state index is 12.4. The monoisotopic (exact) mass is 305 g/mol. The molecular formula is C15H23N5O2. The number of hydrogen-bond donors (Lipinski definition) is 3. The fourth-order valence-corrected chi connectivity index (χ4v) is 2.58. The van der Waals surface area contributed by atoms with Crippen molar-refractivity contribution in [3.05, 3.63) is 33.9 Å². The zero-order chi connectivity index (χ0) is 16.3. The lowest BCUT2D eigenvalue weighted by molar-refractivity contribution is -0.122. The van der Waals surface area contributed by atoms with Gasteiger partial charge in [0.2, 0.25) is 5.91 Å². The smallest absolute Gasteiger partial charge is 0.276 e. The van der Waals surface area contributed by atoms with Crippen molar-refractivity contribution < 1.29 is 4.79 Å². The van der Waals surface area contributed by atoms with Crippen molar-refractivity contribution in [2.45, 2.75) is 45.6 Å². The molecule has 0 aliphatic heterocycles. The molecule has 0 saturated carbocycles. The van der Waals surface area contributed by atoms with Gasteiger partial charge in [-0.2, -0.15) is 0 Å². The number of carbonyl (C=O) groups is 1. The molecule has 2 aromatic heterocycles. The molecule has 0 bridgehead atoms. The summed E-state index contributed by atoms with van der Waals surface area (Å²) >= 11 is 0. The van der Waals surface area contributed by atoms with Crippen molar-refractivity contribution in [3.8, 4) is 0 Å². The van der Waals surface area contributed by atoms with Crippen LogP contribution in [0.2, 0.25) is 0 Å². The fraction of sp³-hybridized carbons (Fsp3) is 0.533. The number of nitrogens with one attached hydrogen (secondary N) is 2. The van der Waals surface area contributed by atoms with Crippen molar-refractivity contribution in [3.63, 3.8) is 0 Å². The highest BCUT2D eigenvalue weighted by Crippen LogP contribution is 2.13. The Morgan fingerprint density at radius 3 is 2.73 bits per heavy atom. The summed E-state index contributed by atoms with van der Waals surface area (Å²) in [5.41, 5.74) is 6.66. The zero-order valence-corrected chi connectivity index (χ0v) is 13.3. The van der Waals surface area contributed by atoms with E-state index in [1.54, 1.807) is 19.2 Å². The van der Waals surface area contributed by atoms with Crippen LogP contribution in [0.4, 0.5) is 0 Å². The van der Waals surface area contributed by atoms with E-state index in [0.717, 1.165) is 12.8 Å². The molecule has 4 N–H and O–H groups in total. The van der Waals surface area contributed by atoms with E-state index in [-0.39, 0.29) is 17.9 Å². The van der Waals surface area contributed by atoms with E-state index in [4.69, 9.17) is 5.73 Å². The van der Waals surface area contributed by atoms with E-state index >= 15 is 0 Å². The SMILES string of the molecule is CCC(CC)(CN)NC(=O)Cc1c(C)nc2cc[nH]n2c1=O. The van der Waals surface area contributed by atoms with Crippen LogP contribution >= 0.6 is 0 Å². The van der Waals surface area contributed by atoms with Gasteiger partial charge in [-0.3, -0.25) is 14.7 Å². The highest BCUT2D eigenvalue weighted by molar-refractivity contribution is 5.79. The number of hydrogen-bond acceptors (Lipinski definition) is 4. The van der Waals surface area contributed by atoms with Crippen LogP contribution in [0.3, 0.4) is 0 Å². The van der Waals surface area contributed by atoms with Crippen LogP contribution in [-0.2, 0) is 11.2 Å². The third-order valence-corrected chi connectivity index (χ3v) is 4.33. The average Bonchev–Trinajstić information content (AvgIpc) is 2.97. The lowest BCUT2D eigenvalue weighted by Crippen LogP contribution is -2.53. The zero-order valence-electron chi connectivity index (χ0n) is 13.3. The second kappa shape index (κ2) is 6.31. The second-order valence-corrected chi connectivity index (χ2v) is 5.55. The lowest BCUT2D eigenvalue weighted by Gasteiger charge is -2.31. The predicted molar refractivity (Wildman–Crippen MR) is 84.8 cm³/mol. The van der Waals surface area contributed by atoms with Crippen LogP contribution < -0.4 is 16.6 Å². The van der Waals surface area contributed by atoms with Gasteiger partial charge in [-0.25, -0.2) is 9.50 Å². The molecule has 0 spiro atoms. The van der Waals surface area contributed by atoms with Gasteiger partial charge in [0.25, 0.3) is 5.56 Å². The van der Waals surface area contributed by atoms with E-state index in [1.165, 1.54) is 4.52 Å². The fourth-order valence-electron chi connectivity index (χ4n) is 2.58. The van der Waals surface area contributed by atoms with Crippen LogP contribution in [-0.4, -0.2) is 32.6 Å². The first-order chi connectivity index (χ1) is 10.5. The Balaban J connectivity index is 2.27. The van der Waals surface area contributed by atoms with Crippen LogP contribution in [0.5, 0.6) is 0 Å². The molecule has 0 saturated heterocycles. The van der Waals surface area contributed by atoms with Gasteiger partial charge in [-0.15, -0.1) is 0 Å². The number of nitrogens with two attached hydrogens (primary N) is 1. The Morgan fingerprint density at radius 1 is 1.45 bits per heavy atom. The first kappa shape index (κ1) is 16.2. The van der Waals surface area contributed by atoms with Gasteiger partial charge in [-0.05, 0) is 19.8 Å². The molecule has 2 rings (SSSR count). The maximum atomic E-state index is 12.4. The minimum absolute atomic E-state index is 0.00137. The lowest BCUT2D eigenvalue weighted by atomic mass is 9.92. The molecule has 22 heavy (non-hydrogen) atoms. The Morgan fingerprint density at radius 2 is 2.14 bits per heavy atom. The summed E-state index contributed by atoms with van der Waals surface area (Å²) in [4.78, 5) is 29.1. The standard InChI is InChI=1S/C15H23N5O2/c1-4-15(5-2,9-16)19-13(21)8-11-10(3)18-12-6-7-17-20(12)14(11)22/h6-7,17H,4-5,8-9,16H2,1-3H3,(H,19,21). The summed E-state index contributed by atoms with van der Waals surface area (Å²) in [6.45, 7) is 6.09. The highest BCUT2D eigenvalue weighted by atomic mass is 16.2. The van der Waals surface area contributed by atoms with Crippen molar-refractivity contribution in [2.75, 3.05) is 6.54 Å². The number of H-pyrrole nitrogens is 1. The van der Waals surface area contributed by atoms with E-state index in [1.807, 2.05) is 13.8 Å². The number of nitrogens with zero attached hydrogens (tertiary/aromatic N) is 2. The summed E-state index contributed by atoms with van der Waals surface area (Å²) < 4.78 is 1.34. The first-order valence-electron chi connectivity index (χ1n) is 7.53. The number of amides is 1. The minimum Gasteiger partial charge on any atom is -0.349 e. The summed E-state index contributed by atoms with van der Waals surface area (Å²) in [6, 6.07) is 1.71. The third kappa shape index (κ3) is 2.89. The van der Waals surface area contributed by atoms with E-state index < -0.39 is 5.54 Å². The summed E-state index contributed by atoms with van der Waals surface area (Å²) in [6.07, 6.45) is 3.14. The quantitative estimate of drug-likeness (QED) is 0.723. The van der Waals surface area contributed by atoms with Crippen LogP contribution in [0.1, 0.15) is 37.9 Å². The van der Waals surface area contributed by atoms with Crippen molar-refractivity contribution in [1.82, 2.24) is 19.9 Å². The molecule has 0 aromatic carbocycles. The number of aromatic amines is 1. The number of carbonyl (C=O) groups excluding carboxylic acids is 1. The molecule has 0 aliphatic carbocycles. The average molecular weight is 305 g/mol.